The Balaban J connectivity index is 2.40. The predicted molar refractivity (Wildman–Crippen MR) is 58.6 cm³/mol. The van der Waals surface area contributed by atoms with Crippen LogP contribution in [0.4, 0.5) is 0 Å². The fourth-order valence-corrected chi connectivity index (χ4v) is 2.59. The molecule has 0 aromatic heterocycles. The Kier molecular flexibility index (Phi) is 3.28. The van der Waals surface area contributed by atoms with Gasteiger partial charge in [-0.1, -0.05) is 33.0 Å². The Morgan fingerprint density at radius 1 is 1.58 bits per heavy atom. The highest BCUT2D eigenvalue weighted by Gasteiger charge is 2.32. The van der Waals surface area contributed by atoms with Gasteiger partial charge in [0.2, 0.25) is 0 Å². The molecule has 1 heteroatoms. The van der Waals surface area contributed by atoms with Crippen LogP contribution in [0, 0.1) is 17.3 Å². The molecule has 0 aliphatic heterocycles. The maximum atomic E-state index is 5.07. The minimum absolute atomic E-state index is 0.384. The van der Waals surface area contributed by atoms with E-state index in [2.05, 4.69) is 20.8 Å². The van der Waals surface area contributed by atoms with Crippen molar-refractivity contribution in [1.82, 2.24) is 0 Å². The molecule has 1 rings (SSSR count). The second-order valence-corrected chi connectivity index (χ2v) is 5.25. The molecule has 0 heterocycles. The van der Waals surface area contributed by atoms with E-state index in [1.165, 1.54) is 25.7 Å². The second kappa shape index (κ2) is 3.87. The van der Waals surface area contributed by atoms with Gasteiger partial charge in [0.05, 0.1) is 0 Å². The van der Waals surface area contributed by atoms with Crippen molar-refractivity contribution < 1.29 is 0 Å². The quantitative estimate of drug-likeness (QED) is 0.601. The zero-order valence-corrected chi connectivity index (χ0v) is 9.29. The summed E-state index contributed by atoms with van der Waals surface area (Å²) in [5.41, 5.74) is 0.384. The zero-order chi connectivity index (χ0) is 9.19. The van der Waals surface area contributed by atoms with Crippen LogP contribution in [0.25, 0.3) is 0 Å². The smallest absolute Gasteiger partial charge is 0.00392 e. The van der Waals surface area contributed by atoms with E-state index in [4.69, 9.17) is 12.2 Å². The second-order valence-electron chi connectivity index (χ2n) is 5.01. The number of hydrogen-bond acceptors (Lipinski definition) is 1. The first-order valence-electron chi connectivity index (χ1n) is 5.02. The molecule has 12 heavy (non-hydrogen) atoms. The fraction of sp³-hybridized carbons (Fsp3) is 0.909. The predicted octanol–water partition coefficient (Wildman–Crippen LogP) is 3.84. The van der Waals surface area contributed by atoms with Gasteiger partial charge in [0.15, 0.2) is 0 Å². The van der Waals surface area contributed by atoms with Crippen LogP contribution >= 0.6 is 12.2 Å². The van der Waals surface area contributed by atoms with Crippen molar-refractivity contribution in [1.29, 1.82) is 0 Å². The van der Waals surface area contributed by atoms with E-state index in [-0.39, 0.29) is 0 Å². The topological polar surface area (TPSA) is 0 Å². The van der Waals surface area contributed by atoms with E-state index < -0.39 is 0 Å². The van der Waals surface area contributed by atoms with E-state index in [1.807, 2.05) is 5.37 Å². The monoisotopic (exact) mass is 184 g/mol. The van der Waals surface area contributed by atoms with Crippen molar-refractivity contribution in [3.05, 3.63) is 0 Å². The first-order chi connectivity index (χ1) is 5.56. The molecule has 0 N–H and O–H groups in total. The maximum absolute atomic E-state index is 5.07. The summed E-state index contributed by atoms with van der Waals surface area (Å²) < 4.78 is 0. The lowest BCUT2D eigenvalue weighted by Crippen LogP contribution is -2.12. The lowest BCUT2D eigenvalue weighted by Gasteiger charge is -2.18. The Hall–Kier alpha value is 0.0900. The Morgan fingerprint density at radius 2 is 2.25 bits per heavy atom. The molecule has 0 aromatic rings. The fourth-order valence-electron chi connectivity index (χ4n) is 2.37. The Labute approximate surface area is 81.7 Å². The summed E-state index contributed by atoms with van der Waals surface area (Å²) >= 11 is 5.07. The number of thiocarbonyl (C=S) groups is 1. The molecule has 0 bridgehead atoms. The molecule has 1 aliphatic carbocycles. The van der Waals surface area contributed by atoms with Gasteiger partial charge in [-0.25, -0.2) is 0 Å². The third-order valence-corrected chi connectivity index (χ3v) is 3.54. The van der Waals surface area contributed by atoms with E-state index in [0.717, 1.165) is 11.8 Å². The van der Waals surface area contributed by atoms with E-state index in [0.29, 0.717) is 5.41 Å². The average molecular weight is 184 g/mol. The van der Waals surface area contributed by atoms with Gasteiger partial charge >= 0.3 is 0 Å². The lowest BCUT2D eigenvalue weighted by atomic mass is 9.88. The van der Waals surface area contributed by atoms with Crippen LogP contribution in [0.3, 0.4) is 0 Å². The van der Waals surface area contributed by atoms with Gasteiger partial charge in [0.1, 0.15) is 0 Å². The largest absolute Gasteiger partial charge is 0.0929 e. The molecule has 2 unspecified atom stereocenters. The molecule has 1 fully saturated rings. The summed E-state index contributed by atoms with van der Waals surface area (Å²) in [7, 11) is 0. The van der Waals surface area contributed by atoms with Crippen LogP contribution in [0.5, 0.6) is 0 Å². The molecule has 0 aromatic carbocycles. The highest BCUT2D eigenvalue weighted by molar-refractivity contribution is 7.79. The van der Waals surface area contributed by atoms with Crippen molar-refractivity contribution in [2.75, 3.05) is 0 Å². The molecular weight excluding hydrogens is 164 g/mol. The van der Waals surface area contributed by atoms with Crippen molar-refractivity contribution in [2.45, 2.75) is 46.5 Å². The minimum Gasteiger partial charge on any atom is -0.0929 e. The molecule has 0 spiro atoms. The van der Waals surface area contributed by atoms with Crippen molar-refractivity contribution in [3.8, 4) is 0 Å². The molecule has 1 aliphatic rings. The summed E-state index contributed by atoms with van der Waals surface area (Å²) in [6, 6.07) is 0. The molecule has 0 nitrogen and oxygen atoms in total. The average Bonchev–Trinajstić information content (AvgIpc) is 2.32. The number of rotatable bonds is 3. The Morgan fingerprint density at radius 3 is 2.67 bits per heavy atom. The van der Waals surface area contributed by atoms with Crippen LogP contribution < -0.4 is 0 Å². The summed E-state index contributed by atoms with van der Waals surface area (Å²) in [6.07, 6.45) is 5.42. The molecule has 0 amide bonds. The standard InChI is InChI=1S/C11H20S/c1-9(2)6-10-4-5-11(3,7-10)8-12/h8-10H,4-7H2,1-3H3. The van der Waals surface area contributed by atoms with Gasteiger partial charge in [-0.15, -0.1) is 0 Å². The van der Waals surface area contributed by atoms with Crippen LogP contribution in [0.15, 0.2) is 0 Å². The summed E-state index contributed by atoms with van der Waals surface area (Å²) in [5.74, 6) is 1.79. The summed E-state index contributed by atoms with van der Waals surface area (Å²) in [4.78, 5) is 0. The van der Waals surface area contributed by atoms with Gasteiger partial charge in [-0.05, 0) is 48.3 Å². The Bertz CT molecular complexity index is 162. The summed E-state index contributed by atoms with van der Waals surface area (Å²) in [5, 5.41) is 1.99. The van der Waals surface area contributed by atoms with Gasteiger partial charge in [0.25, 0.3) is 0 Å². The van der Waals surface area contributed by atoms with Gasteiger partial charge in [-0.3, -0.25) is 0 Å². The molecule has 0 radical (unpaired) electrons. The highest BCUT2D eigenvalue weighted by atomic mass is 32.1. The minimum atomic E-state index is 0.384. The zero-order valence-electron chi connectivity index (χ0n) is 8.47. The van der Waals surface area contributed by atoms with Crippen molar-refractivity contribution in [3.63, 3.8) is 0 Å². The van der Waals surface area contributed by atoms with Crippen LogP contribution in [0.2, 0.25) is 0 Å². The maximum Gasteiger partial charge on any atom is -0.00392 e. The normalized spacial score (nSPS) is 35.8. The molecule has 2 atom stereocenters. The van der Waals surface area contributed by atoms with E-state index >= 15 is 0 Å². The number of hydrogen-bond donors (Lipinski definition) is 0. The summed E-state index contributed by atoms with van der Waals surface area (Å²) in [6.45, 7) is 6.93. The van der Waals surface area contributed by atoms with Crippen LogP contribution in [-0.2, 0) is 0 Å². The van der Waals surface area contributed by atoms with Crippen molar-refractivity contribution >= 4 is 17.6 Å². The SMILES string of the molecule is CC(C)CC1CCC(C)(C=S)C1. The third-order valence-electron chi connectivity index (χ3n) is 2.97. The first-order valence-corrected chi connectivity index (χ1v) is 5.49. The van der Waals surface area contributed by atoms with E-state index in [9.17, 15) is 0 Å². The van der Waals surface area contributed by atoms with Crippen molar-refractivity contribution in [2.24, 2.45) is 17.3 Å². The third kappa shape index (κ3) is 2.55. The van der Waals surface area contributed by atoms with Crippen LogP contribution in [-0.4, -0.2) is 5.37 Å². The van der Waals surface area contributed by atoms with Gasteiger partial charge in [0, 0.05) is 0 Å². The highest BCUT2D eigenvalue weighted by Crippen LogP contribution is 2.42. The molecule has 0 saturated heterocycles. The molecule has 70 valence electrons. The van der Waals surface area contributed by atoms with Crippen LogP contribution in [0.1, 0.15) is 46.5 Å². The van der Waals surface area contributed by atoms with Gasteiger partial charge < -0.3 is 0 Å². The lowest BCUT2D eigenvalue weighted by molar-refractivity contribution is 0.391. The molecule has 1 saturated carbocycles. The molecular formula is C11H20S. The first kappa shape index (κ1) is 10.2. The van der Waals surface area contributed by atoms with E-state index in [1.54, 1.807) is 0 Å². The van der Waals surface area contributed by atoms with Gasteiger partial charge in [-0.2, -0.15) is 0 Å².